The predicted octanol–water partition coefficient (Wildman–Crippen LogP) is 7.26. The van der Waals surface area contributed by atoms with Gasteiger partial charge in [-0.15, -0.1) is 0 Å². The molecule has 1 heteroatoms. The summed E-state index contributed by atoms with van der Waals surface area (Å²) in [6, 6.07) is 2.75. The largest absolute Gasteiger partial charge is 0.198 e. The van der Waals surface area contributed by atoms with Crippen molar-refractivity contribution in [2.75, 3.05) is 0 Å². The zero-order valence-electron chi connectivity index (χ0n) is 15.8. The molecule has 2 fully saturated rings. The number of nitriles is 1. The lowest BCUT2D eigenvalue weighted by atomic mass is 9.63. The predicted molar refractivity (Wildman–Crippen MR) is 99.1 cm³/mol. The number of rotatable bonds is 8. The van der Waals surface area contributed by atoms with Gasteiger partial charge < -0.3 is 0 Å². The van der Waals surface area contributed by atoms with Crippen molar-refractivity contribution < 1.29 is 0 Å². The molecule has 0 heterocycles. The van der Waals surface area contributed by atoms with Crippen molar-refractivity contribution in [1.29, 1.82) is 5.26 Å². The maximum atomic E-state index is 9.76. The molecular weight excluding hydrogens is 278 g/mol. The third-order valence-corrected chi connectivity index (χ3v) is 7.12. The summed E-state index contributed by atoms with van der Waals surface area (Å²) in [7, 11) is 0. The van der Waals surface area contributed by atoms with Crippen LogP contribution in [-0.2, 0) is 0 Å². The first-order valence-electron chi connectivity index (χ1n) is 10.6. The van der Waals surface area contributed by atoms with Crippen LogP contribution in [0.2, 0.25) is 0 Å². The minimum absolute atomic E-state index is 0.0450. The molecule has 0 spiro atoms. The van der Waals surface area contributed by atoms with E-state index >= 15 is 0 Å². The molecule has 0 amide bonds. The summed E-state index contributed by atoms with van der Waals surface area (Å²) >= 11 is 0. The van der Waals surface area contributed by atoms with Gasteiger partial charge in [0.15, 0.2) is 0 Å². The Morgan fingerprint density at radius 3 is 2.00 bits per heavy atom. The van der Waals surface area contributed by atoms with E-state index in [2.05, 4.69) is 19.9 Å². The Morgan fingerprint density at radius 1 is 0.826 bits per heavy atom. The number of hydrogen-bond acceptors (Lipinski definition) is 1. The second-order valence-corrected chi connectivity index (χ2v) is 8.58. The first kappa shape index (κ1) is 18.8. The van der Waals surface area contributed by atoms with Crippen molar-refractivity contribution in [2.24, 2.45) is 23.2 Å². The van der Waals surface area contributed by atoms with Gasteiger partial charge in [0.05, 0.1) is 11.5 Å². The van der Waals surface area contributed by atoms with Gasteiger partial charge in [0, 0.05) is 0 Å². The van der Waals surface area contributed by atoms with Crippen molar-refractivity contribution in [1.82, 2.24) is 0 Å². The van der Waals surface area contributed by atoms with Crippen LogP contribution in [0.15, 0.2) is 0 Å². The van der Waals surface area contributed by atoms with Gasteiger partial charge >= 0.3 is 0 Å². The molecule has 23 heavy (non-hydrogen) atoms. The summed E-state index contributed by atoms with van der Waals surface area (Å²) in [5, 5.41) is 9.76. The smallest absolute Gasteiger partial charge is 0.0689 e. The lowest BCUT2D eigenvalue weighted by molar-refractivity contribution is 0.116. The molecule has 0 saturated heterocycles. The van der Waals surface area contributed by atoms with Gasteiger partial charge in [0.25, 0.3) is 0 Å². The lowest BCUT2D eigenvalue weighted by Crippen LogP contribution is -2.31. The van der Waals surface area contributed by atoms with Crippen LogP contribution in [0.5, 0.6) is 0 Å². The van der Waals surface area contributed by atoms with Crippen molar-refractivity contribution in [3.05, 3.63) is 0 Å². The lowest BCUT2D eigenvalue weighted by Gasteiger charge is -2.40. The third kappa shape index (κ3) is 5.51. The van der Waals surface area contributed by atoms with Crippen LogP contribution in [0.3, 0.4) is 0 Å². The summed E-state index contributed by atoms with van der Waals surface area (Å²) in [5.74, 6) is 2.93. The van der Waals surface area contributed by atoms with Crippen molar-refractivity contribution in [3.8, 4) is 6.07 Å². The van der Waals surface area contributed by atoms with E-state index in [1.807, 2.05) is 0 Å². The Balaban J connectivity index is 1.72. The van der Waals surface area contributed by atoms with Crippen molar-refractivity contribution >= 4 is 0 Å². The van der Waals surface area contributed by atoms with E-state index in [0.29, 0.717) is 0 Å². The second kappa shape index (κ2) is 9.71. The van der Waals surface area contributed by atoms with Gasteiger partial charge in [-0.2, -0.15) is 5.26 Å². The zero-order chi connectivity index (χ0) is 16.5. The van der Waals surface area contributed by atoms with Gasteiger partial charge in [-0.3, -0.25) is 0 Å². The molecule has 0 radical (unpaired) electrons. The fourth-order valence-corrected chi connectivity index (χ4v) is 5.22. The monoisotopic (exact) mass is 317 g/mol. The molecule has 0 unspecified atom stereocenters. The highest BCUT2D eigenvalue weighted by Crippen LogP contribution is 2.47. The normalized spacial score (nSPS) is 34.9. The second-order valence-electron chi connectivity index (χ2n) is 8.58. The SMILES string of the molecule is CCCCCCCC1(C#N)CCC(C2CCC(CC)CC2)CC1. The van der Waals surface area contributed by atoms with E-state index in [0.717, 1.165) is 17.8 Å². The maximum Gasteiger partial charge on any atom is 0.0689 e. The standard InChI is InChI=1S/C22H39N/c1-3-5-6-7-8-15-22(18-23)16-13-21(14-17-22)20-11-9-19(4-2)10-12-20/h19-21H,3-17H2,1-2H3. The van der Waals surface area contributed by atoms with E-state index in [4.69, 9.17) is 0 Å². The van der Waals surface area contributed by atoms with Crippen LogP contribution in [-0.4, -0.2) is 0 Å². The maximum absolute atomic E-state index is 9.76. The Bertz CT molecular complexity index is 351. The highest BCUT2D eigenvalue weighted by Gasteiger charge is 2.38. The highest BCUT2D eigenvalue weighted by molar-refractivity contribution is 5.02. The molecule has 2 saturated carbocycles. The number of hydrogen-bond donors (Lipinski definition) is 0. The molecule has 0 aromatic carbocycles. The number of unbranched alkanes of at least 4 members (excludes halogenated alkanes) is 4. The molecule has 2 rings (SSSR count). The quantitative estimate of drug-likeness (QED) is 0.432. The van der Waals surface area contributed by atoms with Gasteiger partial charge in [0.2, 0.25) is 0 Å². The summed E-state index contributed by atoms with van der Waals surface area (Å²) in [5.41, 5.74) is 0.0450. The van der Waals surface area contributed by atoms with E-state index in [-0.39, 0.29) is 5.41 Å². The molecule has 1 nitrogen and oxygen atoms in total. The van der Waals surface area contributed by atoms with Gasteiger partial charge in [0.1, 0.15) is 0 Å². The molecule has 0 aromatic heterocycles. The van der Waals surface area contributed by atoms with Gasteiger partial charge in [-0.05, 0) is 62.7 Å². The molecule has 0 atom stereocenters. The molecule has 0 N–H and O–H groups in total. The Kier molecular flexibility index (Phi) is 7.94. The van der Waals surface area contributed by atoms with Crippen LogP contribution in [0.25, 0.3) is 0 Å². The topological polar surface area (TPSA) is 23.8 Å². The fourth-order valence-electron chi connectivity index (χ4n) is 5.22. The first-order chi connectivity index (χ1) is 11.2. The Hall–Kier alpha value is -0.510. The first-order valence-corrected chi connectivity index (χ1v) is 10.6. The molecule has 2 aliphatic carbocycles. The average molecular weight is 318 g/mol. The molecule has 0 aromatic rings. The van der Waals surface area contributed by atoms with Gasteiger partial charge in [-0.25, -0.2) is 0 Å². The van der Waals surface area contributed by atoms with Crippen LogP contribution >= 0.6 is 0 Å². The minimum Gasteiger partial charge on any atom is -0.198 e. The van der Waals surface area contributed by atoms with E-state index in [1.54, 1.807) is 0 Å². The molecule has 132 valence electrons. The van der Waals surface area contributed by atoms with Gasteiger partial charge in [-0.1, -0.05) is 65.2 Å². The fraction of sp³-hybridized carbons (Fsp3) is 0.955. The average Bonchev–Trinajstić information content (AvgIpc) is 2.62. The molecule has 0 bridgehead atoms. The Labute approximate surface area is 145 Å². The van der Waals surface area contributed by atoms with Crippen molar-refractivity contribution in [2.45, 2.75) is 110 Å². The van der Waals surface area contributed by atoms with E-state index in [9.17, 15) is 5.26 Å². The number of nitrogens with zero attached hydrogens (tertiary/aromatic N) is 1. The van der Waals surface area contributed by atoms with Crippen LogP contribution in [0, 0.1) is 34.5 Å². The summed E-state index contributed by atoms with van der Waals surface area (Å²) < 4.78 is 0. The van der Waals surface area contributed by atoms with E-state index < -0.39 is 0 Å². The van der Waals surface area contributed by atoms with Crippen LogP contribution in [0.4, 0.5) is 0 Å². The van der Waals surface area contributed by atoms with Crippen LogP contribution in [0.1, 0.15) is 110 Å². The minimum atomic E-state index is 0.0450. The summed E-state index contributed by atoms with van der Waals surface area (Å²) in [6.45, 7) is 4.62. The van der Waals surface area contributed by atoms with E-state index in [1.165, 1.54) is 96.3 Å². The Morgan fingerprint density at radius 2 is 1.43 bits per heavy atom. The summed E-state index contributed by atoms with van der Waals surface area (Å²) in [6.07, 6.45) is 20.1. The third-order valence-electron chi connectivity index (χ3n) is 7.12. The zero-order valence-corrected chi connectivity index (χ0v) is 15.8. The van der Waals surface area contributed by atoms with Crippen LogP contribution < -0.4 is 0 Å². The highest BCUT2D eigenvalue weighted by atomic mass is 14.4. The molecule has 0 aliphatic heterocycles. The van der Waals surface area contributed by atoms with Crippen molar-refractivity contribution in [3.63, 3.8) is 0 Å². The summed E-state index contributed by atoms with van der Waals surface area (Å²) in [4.78, 5) is 0. The molecular formula is C22H39N. The molecule has 2 aliphatic rings.